The van der Waals surface area contributed by atoms with E-state index in [0.717, 1.165) is 12.1 Å². The number of aromatic nitrogens is 3. The maximum absolute atomic E-state index is 12.4. The van der Waals surface area contributed by atoms with Gasteiger partial charge in [0.05, 0.1) is 35.5 Å². The molecule has 0 spiro atoms. The second-order valence-electron chi connectivity index (χ2n) is 4.34. The molecule has 106 valence electrons. The Morgan fingerprint density at radius 1 is 1.50 bits per heavy atom. The van der Waals surface area contributed by atoms with Gasteiger partial charge in [0.1, 0.15) is 0 Å². The molecule has 0 bridgehead atoms. The molecule has 0 amide bonds. The van der Waals surface area contributed by atoms with Crippen LogP contribution in [0.2, 0.25) is 5.02 Å². The molecule has 2 aromatic rings. The van der Waals surface area contributed by atoms with E-state index >= 15 is 0 Å². The van der Waals surface area contributed by atoms with Gasteiger partial charge in [-0.1, -0.05) is 18.5 Å². The maximum Gasteiger partial charge on any atom is 0.224 e. The third-order valence-corrected chi connectivity index (χ3v) is 3.53. The molecule has 0 fully saturated rings. The highest BCUT2D eigenvalue weighted by atomic mass is 35.5. The molecule has 0 unspecified atom stereocenters. The number of carbonyl (C=O) groups is 1. The van der Waals surface area contributed by atoms with Crippen molar-refractivity contribution in [1.29, 1.82) is 0 Å². The van der Waals surface area contributed by atoms with Gasteiger partial charge in [0, 0.05) is 13.2 Å². The Morgan fingerprint density at radius 3 is 2.85 bits per heavy atom. The van der Waals surface area contributed by atoms with Crippen LogP contribution < -0.4 is 4.74 Å². The van der Waals surface area contributed by atoms with Crippen LogP contribution in [0.4, 0.5) is 0 Å². The molecular formula is C14H16ClN3O2. The highest BCUT2D eigenvalue weighted by Crippen LogP contribution is 2.23. The van der Waals surface area contributed by atoms with E-state index in [1.54, 1.807) is 30.1 Å². The summed E-state index contributed by atoms with van der Waals surface area (Å²) in [5, 5.41) is 4.86. The Morgan fingerprint density at radius 2 is 2.25 bits per heavy atom. The van der Waals surface area contributed by atoms with Gasteiger partial charge in [0.15, 0.2) is 5.78 Å². The first-order valence-corrected chi connectivity index (χ1v) is 6.68. The number of ketones is 1. The molecule has 0 aliphatic heterocycles. The first-order valence-electron chi connectivity index (χ1n) is 6.30. The summed E-state index contributed by atoms with van der Waals surface area (Å²) < 4.78 is 6.76. The van der Waals surface area contributed by atoms with Crippen molar-refractivity contribution in [1.82, 2.24) is 14.8 Å². The fourth-order valence-electron chi connectivity index (χ4n) is 2.02. The molecule has 2 rings (SSSR count). The first kappa shape index (κ1) is 14.5. The van der Waals surface area contributed by atoms with E-state index in [1.807, 2.05) is 6.92 Å². The van der Waals surface area contributed by atoms with Crippen LogP contribution in [0.5, 0.6) is 5.88 Å². The van der Waals surface area contributed by atoms with Crippen molar-refractivity contribution >= 4 is 17.4 Å². The van der Waals surface area contributed by atoms with Crippen LogP contribution in [-0.2, 0) is 19.9 Å². The predicted octanol–water partition coefficient (Wildman–Crippen LogP) is 2.46. The minimum absolute atomic E-state index is 0.0949. The summed E-state index contributed by atoms with van der Waals surface area (Å²) >= 11 is 6.25. The van der Waals surface area contributed by atoms with Crippen LogP contribution in [0.15, 0.2) is 18.3 Å². The molecule has 0 aromatic carbocycles. The third-order valence-electron chi connectivity index (χ3n) is 3.10. The van der Waals surface area contributed by atoms with E-state index < -0.39 is 0 Å². The minimum atomic E-state index is -0.0949. The Labute approximate surface area is 122 Å². The van der Waals surface area contributed by atoms with Crippen molar-refractivity contribution in [3.63, 3.8) is 0 Å². The number of halogens is 1. The lowest BCUT2D eigenvalue weighted by atomic mass is 10.1. The predicted molar refractivity (Wildman–Crippen MR) is 76.4 cm³/mol. The van der Waals surface area contributed by atoms with Gasteiger partial charge in [0.2, 0.25) is 5.88 Å². The van der Waals surface area contributed by atoms with Crippen molar-refractivity contribution in [2.75, 3.05) is 7.11 Å². The van der Waals surface area contributed by atoms with Crippen LogP contribution in [-0.4, -0.2) is 27.7 Å². The Kier molecular flexibility index (Phi) is 4.39. The average Bonchev–Trinajstić information content (AvgIpc) is 2.74. The number of ether oxygens (including phenoxy) is 1. The summed E-state index contributed by atoms with van der Waals surface area (Å²) in [6.45, 7) is 1.98. The molecule has 2 heterocycles. The zero-order valence-electron chi connectivity index (χ0n) is 11.7. The van der Waals surface area contributed by atoms with E-state index in [9.17, 15) is 4.79 Å². The number of Topliss-reactive ketones (excluding diaryl/α,β-unsaturated/α-hetero) is 1. The van der Waals surface area contributed by atoms with Crippen LogP contribution in [0.3, 0.4) is 0 Å². The van der Waals surface area contributed by atoms with E-state index in [4.69, 9.17) is 16.3 Å². The van der Waals surface area contributed by atoms with E-state index in [1.165, 1.54) is 7.11 Å². The molecule has 20 heavy (non-hydrogen) atoms. The largest absolute Gasteiger partial charge is 0.480 e. The first-order chi connectivity index (χ1) is 9.58. The molecule has 0 aliphatic carbocycles. The molecule has 6 heteroatoms. The lowest BCUT2D eigenvalue weighted by Gasteiger charge is -2.06. The second kappa shape index (κ2) is 6.05. The van der Waals surface area contributed by atoms with Gasteiger partial charge < -0.3 is 4.74 Å². The summed E-state index contributed by atoms with van der Waals surface area (Å²) in [5.74, 6) is 0.231. The molecule has 0 saturated carbocycles. The number of methoxy groups -OCH3 is 1. The number of hydrogen-bond donors (Lipinski definition) is 0. The Balaban J connectivity index is 2.30. The van der Waals surface area contributed by atoms with E-state index in [0.29, 0.717) is 22.2 Å². The molecule has 0 saturated heterocycles. The van der Waals surface area contributed by atoms with Gasteiger partial charge in [-0.3, -0.25) is 9.48 Å². The molecule has 0 N–H and O–H groups in total. The fraction of sp³-hybridized carbons (Fsp3) is 0.357. The summed E-state index contributed by atoms with van der Waals surface area (Å²) in [6.07, 6.45) is 2.49. The van der Waals surface area contributed by atoms with Gasteiger partial charge in [-0.25, -0.2) is 4.98 Å². The smallest absolute Gasteiger partial charge is 0.224 e. The van der Waals surface area contributed by atoms with Crippen LogP contribution in [0, 0.1) is 0 Å². The standard InChI is InChI=1S/C14H16ClN3O2/c1-4-10-13(15)11(18(2)17-10)8-12(19)9-6-5-7-16-14(9)20-3/h5-7H,4,8H2,1-3H3. The topological polar surface area (TPSA) is 57.0 Å². The molecule has 2 aromatic heterocycles. The molecule has 5 nitrogen and oxygen atoms in total. The van der Waals surface area contributed by atoms with Gasteiger partial charge in [-0.2, -0.15) is 5.10 Å². The number of pyridine rings is 1. The third kappa shape index (κ3) is 2.67. The Hall–Kier alpha value is -1.88. The summed E-state index contributed by atoms with van der Waals surface area (Å²) in [7, 11) is 3.28. The van der Waals surface area contributed by atoms with E-state index in [2.05, 4.69) is 10.1 Å². The van der Waals surface area contributed by atoms with Crippen molar-refractivity contribution in [3.8, 4) is 5.88 Å². The highest BCUT2D eigenvalue weighted by molar-refractivity contribution is 6.32. The number of carbonyl (C=O) groups excluding carboxylic acids is 1. The van der Waals surface area contributed by atoms with Crippen molar-refractivity contribution in [2.24, 2.45) is 7.05 Å². The number of hydrogen-bond acceptors (Lipinski definition) is 4. The number of rotatable bonds is 5. The minimum Gasteiger partial charge on any atom is -0.480 e. The van der Waals surface area contributed by atoms with Crippen LogP contribution in [0.25, 0.3) is 0 Å². The van der Waals surface area contributed by atoms with Gasteiger partial charge in [-0.15, -0.1) is 0 Å². The normalized spacial score (nSPS) is 10.6. The number of nitrogens with zero attached hydrogens (tertiary/aromatic N) is 3. The summed E-state index contributed by atoms with van der Waals surface area (Å²) in [6, 6.07) is 3.40. The Bertz CT molecular complexity index is 637. The zero-order chi connectivity index (χ0) is 14.7. The average molecular weight is 294 g/mol. The summed E-state index contributed by atoms with van der Waals surface area (Å²) in [4.78, 5) is 16.4. The summed E-state index contributed by atoms with van der Waals surface area (Å²) in [5.41, 5.74) is 1.96. The van der Waals surface area contributed by atoms with Crippen molar-refractivity contribution in [2.45, 2.75) is 19.8 Å². The molecule has 0 atom stereocenters. The zero-order valence-corrected chi connectivity index (χ0v) is 12.4. The van der Waals surface area contributed by atoms with E-state index in [-0.39, 0.29) is 12.2 Å². The lowest BCUT2D eigenvalue weighted by molar-refractivity contribution is 0.0987. The quantitative estimate of drug-likeness (QED) is 0.795. The highest BCUT2D eigenvalue weighted by Gasteiger charge is 2.19. The second-order valence-corrected chi connectivity index (χ2v) is 4.72. The van der Waals surface area contributed by atoms with Gasteiger partial charge in [-0.05, 0) is 18.6 Å². The van der Waals surface area contributed by atoms with Gasteiger partial charge in [0.25, 0.3) is 0 Å². The monoisotopic (exact) mass is 293 g/mol. The SMILES string of the molecule is CCc1nn(C)c(CC(=O)c2cccnc2OC)c1Cl. The fourth-order valence-corrected chi connectivity index (χ4v) is 2.39. The molecular weight excluding hydrogens is 278 g/mol. The van der Waals surface area contributed by atoms with Crippen LogP contribution >= 0.6 is 11.6 Å². The maximum atomic E-state index is 12.4. The van der Waals surface area contributed by atoms with Crippen LogP contribution in [0.1, 0.15) is 28.7 Å². The van der Waals surface area contributed by atoms with Crippen molar-refractivity contribution < 1.29 is 9.53 Å². The molecule has 0 aliphatic rings. The number of aryl methyl sites for hydroxylation is 2. The lowest BCUT2D eigenvalue weighted by Crippen LogP contribution is -2.10. The van der Waals surface area contributed by atoms with Gasteiger partial charge >= 0.3 is 0 Å². The molecule has 0 radical (unpaired) electrons. The van der Waals surface area contributed by atoms with Crippen molar-refractivity contribution in [3.05, 3.63) is 40.3 Å².